The highest BCUT2D eigenvalue weighted by molar-refractivity contribution is 14.0. The van der Waals surface area contributed by atoms with E-state index >= 15 is 0 Å². The van der Waals surface area contributed by atoms with Crippen molar-refractivity contribution >= 4 is 35.8 Å². The lowest BCUT2D eigenvalue weighted by Gasteiger charge is -2.29. The maximum atomic E-state index is 12.6. The lowest BCUT2D eigenvalue weighted by molar-refractivity contribution is -0.132. The molecule has 0 bridgehead atoms. The molecule has 31 heavy (non-hydrogen) atoms. The molecule has 2 aromatic carbocycles. The van der Waals surface area contributed by atoms with Gasteiger partial charge in [0.15, 0.2) is 5.96 Å². The van der Waals surface area contributed by atoms with Gasteiger partial charge in [0, 0.05) is 32.6 Å². The Morgan fingerprint density at radius 2 is 1.94 bits per heavy atom. The van der Waals surface area contributed by atoms with E-state index in [1.165, 1.54) is 11.1 Å². The van der Waals surface area contributed by atoms with Gasteiger partial charge in [-0.2, -0.15) is 0 Å². The van der Waals surface area contributed by atoms with Gasteiger partial charge in [0.2, 0.25) is 5.91 Å². The molecule has 1 heterocycles. The lowest BCUT2D eigenvalue weighted by atomic mass is 9.99. The van der Waals surface area contributed by atoms with Gasteiger partial charge in [-0.05, 0) is 48.6 Å². The summed E-state index contributed by atoms with van der Waals surface area (Å²) < 4.78 is 5.26. The molecule has 0 saturated heterocycles. The predicted molar refractivity (Wildman–Crippen MR) is 136 cm³/mol. The molecule has 1 aliphatic rings. The fourth-order valence-electron chi connectivity index (χ4n) is 3.60. The van der Waals surface area contributed by atoms with Crippen molar-refractivity contribution in [3.8, 4) is 5.75 Å². The first-order valence-electron chi connectivity index (χ1n) is 10.7. The van der Waals surface area contributed by atoms with Crippen molar-refractivity contribution in [1.29, 1.82) is 0 Å². The standard InChI is InChI=1S/C24H32N4O2.HI/c1-3-25-24(27-17-19-8-6-11-22(16-19)30-2)26-14-7-12-23(29)28-15-13-20-9-4-5-10-21(20)18-28;/h4-6,8-11,16H,3,7,12-15,17-18H2,1-2H3,(H2,25,26,27);1H. The normalized spacial score (nSPS) is 13.1. The summed E-state index contributed by atoms with van der Waals surface area (Å²) >= 11 is 0. The van der Waals surface area contributed by atoms with Gasteiger partial charge in [-0.25, -0.2) is 4.99 Å². The third-order valence-electron chi connectivity index (χ3n) is 5.24. The van der Waals surface area contributed by atoms with Crippen molar-refractivity contribution in [2.24, 2.45) is 4.99 Å². The fourth-order valence-corrected chi connectivity index (χ4v) is 3.60. The Bertz CT molecular complexity index is 872. The number of rotatable bonds is 8. The second kappa shape index (κ2) is 13.2. The van der Waals surface area contributed by atoms with Crippen molar-refractivity contribution in [3.63, 3.8) is 0 Å². The number of ether oxygens (including phenoxy) is 1. The molecule has 0 spiro atoms. The highest BCUT2D eigenvalue weighted by Gasteiger charge is 2.19. The van der Waals surface area contributed by atoms with Crippen LogP contribution in [-0.2, 0) is 24.3 Å². The van der Waals surface area contributed by atoms with Crippen molar-refractivity contribution in [1.82, 2.24) is 15.5 Å². The number of hydrogen-bond acceptors (Lipinski definition) is 3. The Morgan fingerprint density at radius 3 is 2.71 bits per heavy atom. The molecule has 2 N–H and O–H groups in total. The first kappa shape index (κ1) is 25.0. The number of fused-ring (bicyclic) bond motifs is 1. The van der Waals surface area contributed by atoms with Crippen LogP contribution in [0, 0.1) is 0 Å². The summed E-state index contributed by atoms with van der Waals surface area (Å²) in [6, 6.07) is 16.3. The van der Waals surface area contributed by atoms with Gasteiger partial charge >= 0.3 is 0 Å². The number of nitrogens with zero attached hydrogens (tertiary/aromatic N) is 2. The van der Waals surface area contributed by atoms with E-state index in [2.05, 4.69) is 33.8 Å². The van der Waals surface area contributed by atoms with Gasteiger partial charge in [-0.15, -0.1) is 24.0 Å². The van der Waals surface area contributed by atoms with E-state index in [4.69, 9.17) is 4.74 Å². The highest BCUT2D eigenvalue weighted by atomic mass is 127. The second-order valence-electron chi connectivity index (χ2n) is 7.41. The minimum atomic E-state index is 0. The number of carbonyl (C=O) groups excluding carboxylic acids is 1. The Hall–Kier alpha value is -2.29. The Balaban J connectivity index is 0.00000341. The minimum absolute atomic E-state index is 0. The molecule has 0 radical (unpaired) electrons. The van der Waals surface area contributed by atoms with Crippen LogP contribution in [-0.4, -0.2) is 43.5 Å². The molecule has 0 atom stereocenters. The predicted octanol–water partition coefficient (Wildman–Crippen LogP) is 3.73. The fraction of sp³-hybridized carbons (Fsp3) is 0.417. The molecule has 6 nitrogen and oxygen atoms in total. The average molecular weight is 536 g/mol. The summed E-state index contributed by atoms with van der Waals surface area (Å²) in [5.41, 5.74) is 3.73. The SMILES string of the molecule is CCNC(=NCc1cccc(OC)c1)NCCCC(=O)N1CCc2ccccc2C1.I. The van der Waals surface area contributed by atoms with Gasteiger partial charge in [0.25, 0.3) is 0 Å². The van der Waals surface area contributed by atoms with Gasteiger partial charge < -0.3 is 20.3 Å². The molecule has 0 saturated carbocycles. The summed E-state index contributed by atoms with van der Waals surface area (Å²) in [5, 5.41) is 6.59. The molecule has 1 amide bonds. The monoisotopic (exact) mass is 536 g/mol. The third kappa shape index (κ3) is 7.72. The number of methoxy groups -OCH3 is 1. The molecule has 2 aromatic rings. The Kier molecular flexibility index (Phi) is 10.6. The van der Waals surface area contributed by atoms with E-state index in [-0.39, 0.29) is 29.9 Å². The van der Waals surface area contributed by atoms with Gasteiger partial charge in [0.1, 0.15) is 5.75 Å². The van der Waals surface area contributed by atoms with Gasteiger partial charge in [-0.3, -0.25) is 4.79 Å². The van der Waals surface area contributed by atoms with E-state index in [0.717, 1.165) is 49.7 Å². The van der Waals surface area contributed by atoms with E-state index in [1.807, 2.05) is 42.2 Å². The summed E-state index contributed by atoms with van der Waals surface area (Å²) in [7, 11) is 1.66. The van der Waals surface area contributed by atoms with Crippen LogP contribution >= 0.6 is 24.0 Å². The zero-order chi connectivity index (χ0) is 21.2. The topological polar surface area (TPSA) is 66.0 Å². The average Bonchev–Trinajstić information content (AvgIpc) is 2.79. The maximum Gasteiger partial charge on any atom is 0.222 e. The van der Waals surface area contributed by atoms with Crippen molar-refractivity contribution in [2.75, 3.05) is 26.7 Å². The first-order valence-corrected chi connectivity index (χ1v) is 10.7. The largest absolute Gasteiger partial charge is 0.497 e. The number of halogens is 1. The molecule has 0 fully saturated rings. The minimum Gasteiger partial charge on any atom is -0.497 e. The molecule has 168 valence electrons. The van der Waals surface area contributed by atoms with Crippen LogP contribution in [0.5, 0.6) is 5.75 Å². The summed E-state index contributed by atoms with van der Waals surface area (Å²) in [4.78, 5) is 19.2. The van der Waals surface area contributed by atoms with Gasteiger partial charge in [0.05, 0.1) is 13.7 Å². The molecule has 3 rings (SSSR count). The number of benzene rings is 2. The molecule has 0 unspecified atom stereocenters. The van der Waals surface area contributed by atoms with Gasteiger partial charge in [-0.1, -0.05) is 36.4 Å². The smallest absolute Gasteiger partial charge is 0.222 e. The Morgan fingerprint density at radius 1 is 1.13 bits per heavy atom. The van der Waals surface area contributed by atoms with E-state index in [0.29, 0.717) is 19.5 Å². The number of hydrogen-bond donors (Lipinski definition) is 2. The molecule has 7 heteroatoms. The van der Waals surface area contributed by atoms with Crippen LogP contribution in [0.3, 0.4) is 0 Å². The van der Waals surface area contributed by atoms with Crippen molar-refractivity contribution in [3.05, 3.63) is 65.2 Å². The van der Waals surface area contributed by atoms with Crippen LogP contribution < -0.4 is 15.4 Å². The number of amides is 1. The summed E-state index contributed by atoms with van der Waals surface area (Å²) in [6.45, 7) is 5.65. The first-order chi connectivity index (χ1) is 14.7. The number of aliphatic imine (C=N–C) groups is 1. The van der Waals surface area contributed by atoms with Crippen LogP contribution in [0.25, 0.3) is 0 Å². The number of nitrogens with one attached hydrogen (secondary N) is 2. The molecule has 0 aromatic heterocycles. The summed E-state index contributed by atoms with van der Waals surface area (Å²) in [6.07, 6.45) is 2.27. The van der Waals surface area contributed by atoms with Crippen LogP contribution in [0.15, 0.2) is 53.5 Å². The van der Waals surface area contributed by atoms with Crippen LogP contribution in [0.4, 0.5) is 0 Å². The maximum absolute atomic E-state index is 12.6. The van der Waals surface area contributed by atoms with E-state index < -0.39 is 0 Å². The molecule has 1 aliphatic heterocycles. The zero-order valence-corrected chi connectivity index (χ0v) is 20.7. The molecular weight excluding hydrogens is 503 g/mol. The number of carbonyl (C=O) groups is 1. The van der Waals surface area contributed by atoms with Crippen LogP contribution in [0.1, 0.15) is 36.5 Å². The quantitative estimate of drug-likeness (QED) is 0.234. The Labute approximate surface area is 202 Å². The molecular formula is C24H33IN4O2. The number of guanidine groups is 1. The molecule has 0 aliphatic carbocycles. The second-order valence-corrected chi connectivity index (χ2v) is 7.41. The third-order valence-corrected chi connectivity index (χ3v) is 5.24. The van der Waals surface area contributed by atoms with Crippen molar-refractivity contribution in [2.45, 2.75) is 39.3 Å². The van der Waals surface area contributed by atoms with Crippen molar-refractivity contribution < 1.29 is 9.53 Å². The highest BCUT2D eigenvalue weighted by Crippen LogP contribution is 2.19. The van der Waals surface area contributed by atoms with E-state index in [9.17, 15) is 4.79 Å². The summed E-state index contributed by atoms with van der Waals surface area (Å²) in [5.74, 6) is 1.82. The zero-order valence-electron chi connectivity index (χ0n) is 18.4. The van der Waals surface area contributed by atoms with Crippen LogP contribution in [0.2, 0.25) is 0 Å². The lowest BCUT2D eigenvalue weighted by Crippen LogP contribution is -2.39. The van der Waals surface area contributed by atoms with E-state index in [1.54, 1.807) is 7.11 Å².